The molecule has 0 radical (unpaired) electrons. The second-order valence-electron chi connectivity index (χ2n) is 6.36. The Morgan fingerprint density at radius 1 is 1.26 bits per heavy atom. The summed E-state index contributed by atoms with van der Waals surface area (Å²) in [4.78, 5) is 19.3. The predicted molar refractivity (Wildman–Crippen MR) is 99.6 cm³/mol. The summed E-state index contributed by atoms with van der Waals surface area (Å²) in [6.45, 7) is 0.669. The zero-order valence-electron chi connectivity index (χ0n) is 14.4. The average Bonchev–Trinajstić information content (AvgIpc) is 3.43. The van der Waals surface area contributed by atoms with Gasteiger partial charge in [0.15, 0.2) is 12.3 Å². The van der Waals surface area contributed by atoms with Crippen LogP contribution < -0.4 is 4.74 Å². The molecule has 1 unspecified atom stereocenters. The van der Waals surface area contributed by atoms with Gasteiger partial charge in [-0.15, -0.1) is 26.6 Å². The van der Waals surface area contributed by atoms with E-state index in [1.54, 1.807) is 23.5 Å². The lowest BCUT2D eigenvalue weighted by molar-refractivity contribution is -0.134. The number of hydrogen-bond donors (Lipinski definition) is 0. The number of rotatable bonds is 4. The predicted octanol–water partition coefficient (Wildman–Crippen LogP) is 2.48. The highest BCUT2D eigenvalue weighted by Crippen LogP contribution is 2.36. The summed E-state index contributed by atoms with van der Waals surface area (Å²) in [5, 5.41) is 12.9. The number of ether oxygens (including phenoxy) is 1. The number of aromatic nitrogens is 5. The molecule has 1 aliphatic rings. The zero-order chi connectivity index (χ0) is 18.2. The molecule has 1 aliphatic heterocycles. The summed E-state index contributed by atoms with van der Waals surface area (Å²) < 4.78 is 8.27. The molecule has 3 aromatic heterocycles. The number of hydrogen-bond acceptors (Lipinski definition) is 7. The van der Waals surface area contributed by atoms with Gasteiger partial charge in [-0.2, -0.15) is 4.52 Å². The first-order valence-corrected chi connectivity index (χ1v) is 9.54. The maximum absolute atomic E-state index is 12.7. The monoisotopic (exact) mass is 380 g/mol. The molecular weight excluding hydrogens is 364 g/mol. The van der Waals surface area contributed by atoms with Crippen molar-refractivity contribution < 1.29 is 9.53 Å². The number of thiazole rings is 1. The molecule has 0 N–H and O–H groups in total. The van der Waals surface area contributed by atoms with E-state index in [0.29, 0.717) is 11.5 Å². The maximum Gasteiger partial charge on any atom is 0.261 e. The number of fused-ring (bicyclic) bond motifs is 2. The first-order chi connectivity index (χ1) is 13.3. The van der Waals surface area contributed by atoms with E-state index in [1.165, 1.54) is 10.8 Å². The van der Waals surface area contributed by atoms with Crippen molar-refractivity contribution in [3.05, 3.63) is 47.7 Å². The lowest BCUT2D eigenvalue weighted by Crippen LogP contribution is -2.34. The van der Waals surface area contributed by atoms with Gasteiger partial charge in [0.1, 0.15) is 11.3 Å². The van der Waals surface area contributed by atoms with Gasteiger partial charge in [0.2, 0.25) is 5.88 Å². The van der Waals surface area contributed by atoms with Gasteiger partial charge in [0.25, 0.3) is 5.91 Å². The Labute approximate surface area is 158 Å². The number of para-hydroxylation sites is 1. The largest absolute Gasteiger partial charge is 0.467 e. The minimum atomic E-state index is -0.0535. The van der Waals surface area contributed by atoms with Gasteiger partial charge in [-0.05, 0) is 31.0 Å². The van der Waals surface area contributed by atoms with E-state index in [0.717, 1.165) is 34.6 Å². The quantitative estimate of drug-likeness (QED) is 0.541. The van der Waals surface area contributed by atoms with E-state index in [1.807, 2.05) is 23.1 Å². The van der Waals surface area contributed by atoms with E-state index in [9.17, 15) is 4.79 Å². The van der Waals surface area contributed by atoms with Crippen LogP contribution in [0.3, 0.4) is 0 Å². The average molecular weight is 380 g/mol. The Hall–Kier alpha value is -3.07. The molecule has 0 bridgehead atoms. The molecule has 8 nitrogen and oxygen atoms in total. The fraction of sp³-hybridized carbons (Fsp3) is 0.278. The van der Waals surface area contributed by atoms with Gasteiger partial charge in [-0.1, -0.05) is 12.1 Å². The minimum absolute atomic E-state index is 0.0202. The molecule has 136 valence electrons. The highest BCUT2D eigenvalue weighted by Gasteiger charge is 2.32. The van der Waals surface area contributed by atoms with Crippen LogP contribution in [-0.2, 0) is 4.79 Å². The Balaban J connectivity index is 1.31. The van der Waals surface area contributed by atoms with Gasteiger partial charge in [-0.25, -0.2) is 4.98 Å². The summed E-state index contributed by atoms with van der Waals surface area (Å²) in [5.74, 6) is 0.314. The van der Waals surface area contributed by atoms with Crippen molar-refractivity contribution in [2.24, 2.45) is 0 Å². The standard InChI is InChI=1S/C18H16N6O2S/c25-17(10-26-16-8-7-15-21-19-11-24(15)22-16)23-9-3-5-13(23)18-20-12-4-1-2-6-14(12)27-18/h1-2,4,6-8,11,13H,3,5,9-10H2. The fourth-order valence-corrected chi connectivity index (χ4v) is 4.48. The van der Waals surface area contributed by atoms with Crippen molar-refractivity contribution in [2.75, 3.05) is 13.2 Å². The molecule has 0 spiro atoms. The molecule has 0 saturated carbocycles. The van der Waals surface area contributed by atoms with Gasteiger partial charge in [0.05, 0.1) is 16.3 Å². The van der Waals surface area contributed by atoms with Crippen molar-refractivity contribution in [1.82, 2.24) is 29.7 Å². The fourth-order valence-electron chi connectivity index (χ4n) is 3.36. The third-order valence-electron chi connectivity index (χ3n) is 4.65. The summed E-state index contributed by atoms with van der Waals surface area (Å²) in [5.41, 5.74) is 1.61. The highest BCUT2D eigenvalue weighted by molar-refractivity contribution is 7.18. The third-order valence-corrected chi connectivity index (χ3v) is 5.79. The van der Waals surface area contributed by atoms with E-state index in [2.05, 4.69) is 21.4 Å². The SMILES string of the molecule is O=C(COc1ccc2nncn2n1)N1CCCC1c1nc2ccccc2s1. The van der Waals surface area contributed by atoms with Crippen LogP contribution in [0.5, 0.6) is 5.88 Å². The van der Waals surface area contributed by atoms with Crippen LogP contribution in [-0.4, -0.2) is 48.8 Å². The normalized spacial score (nSPS) is 17.0. The van der Waals surface area contributed by atoms with E-state index in [4.69, 9.17) is 9.72 Å². The van der Waals surface area contributed by atoms with Gasteiger partial charge < -0.3 is 9.64 Å². The molecule has 5 rings (SSSR count). The summed E-state index contributed by atoms with van der Waals surface area (Å²) >= 11 is 1.66. The molecule has 1 saturated heterocycles. The second kappa shape index (κ2) is 6.58. The molecule has 1 atom stereocenters. The van der Waals surface area contributed by atoms with E-state index in [-0.39, 0.29) is 18.6 Å². The molecule has 1 aromatic carbocycles. The van der Waals surface area contributed by atoms with Crippen molar-refractivity contribution in [2.45, 2.75) is 18.9 Å². The highest BCUT2D eigenvalue weighted by atomic mass is 32.1. The van der Waals surface area contributed by atoms with Crippen LogP contribution >= 0.6 is 11.3 Å². The number of benzene rings is 1. The summed E-state index contributed by atoms with van der Waals surface area (Å²) in [6.07, 6.45) is 3.39. The van der Waals surface area contributed by atoms with Gasteiger partial charge in [0, 0.05) is 12.6 Å². The molecule has 4 heterocycles. The second-order valence-corrected chi connectivity index (χ2v) is 7.42. The third kappa shape index (κ3) is 2.99. The van der Waals surface area contributed by atoms with Gasteiger partial charge in [-0.3, -0.25) is 4.79 Å². The van der Waals surface area contributed by atoms with Crippen molar-refractivity contribution in [3.63, 3.8) is 0 Å². The van der Waals surface area contributed by atoms with Crippen LogP contribution in [0, 0.1) is 0 Å². The molecular formula is C18H16N6O2S. The first-order valence-electron chi connectivity index (χ1n) is 8.73. The lowest BCUT2D eigenvalue weighted by Gasteiger charge is -2.22. The molecule has 9 heteroatoms. The number of amides is 1. The van der Waals surface area contributed by atoms with Crippen molar-refractivity contribution in [3.8, 4) is 5.88 Å². The topological polar surface area (TPSA) is 85.5 Å². The lowest BCUT2D eigenvalue weighted by atomic mass is 10.2. The molecule has 1 amide bonds. The summed E-state index contributed by atoms with van der Waals surface area (Å²) in [7, 11) is 0. The number of carbonyl (C=O) groups is 1. The first kappa shape index (κ1) is 16.1. The Morgan fingerprint density at radius 2 is 2.19 bits per heavy atom. The van der Waals surface area contributed by atoms with E-state index < -0.39 is 0 Å². The molecule has 4 aromatic rings. The van der Waals surface area contributed by atoms with Crippen LogP contribution in [0.2, 0.25) is 0 Å². The zero-order valence-corrected chi connectivity index (χ0v) is 15.2. The van der Waals surface area contributed by atoms with Crippen LogP contribution in [0.25, 0.3) is 15.9 Å². The molecule has 27 heavy (non-hydrogen) atoms. The van der Waals surface area contributed by atoms with Crippen LogP contribution in [0.4, 0.5) is 0 Å². The van der Waals surface area contributed by atoms with Crippen LogP contribution in [0.15, 0.2) is 42.7 Å². The Kier molecular flexibility index (Phi) is 3.93. The molecule has 0 aliphatic carbocycles. The number of carbonyl (C=O) groups excluding carboxylic acids is 1. The number of likely N-dealkylation sites (tertiary alicyclic amines) is 1. The van der Waals surface area contributed by atoms with Crippen molar-refractivity contribution >= 4 is 33.1 Å². The van der Waals surface area contributed by atoms with E-state index >= 15 is 0 Å². The smallest absolute Gasteiger partial charge is 0.261 e. The minimum Gasteiger partial charge on any atom is -0.467 e. The summed E-state index contributed by atoms with van der Waals surface area (Å²) in [6, 6.07) is 11.5. The Bertz CT molecular complexity index is 1090. The maximum atomic E-state index is 12.7. The Morgan fingerprint density at radius 3 is 3.11 bits per heavy atom. The van der Waals surface area contributed by atoms with Crippen LogP contribution in [0.1, 0.15) is 23.9 Å². The number of nitrogens with zero attached hydrogens (tertiary/aromatic N) is 6. The molecule has 1 fully saturated rings. The van der Waals surface area contributed by atoms with Gasteiger partial charge >= 0.3 is 0 Å². The van der Waals surface area contributed by atoms with Crippen molar-refractivity contribution in [1.29, 1.82) is 0 Å².